The zero-order valence-electron chi connectivity index (χ0n) is 15.7. The number of nitrogens with one attached hydrogen (secondary N) is 2. The van der Waals surface area contributed by atoms with Gasteiger partial charge >= 0.3 is 6.01 Å². The van der Waals surface area contributed by atoms with Crippen LogP contribution in [0.3, 0.4) is 0 Å². The summed E-state index contributed by atoms with van der Waals surface area (Å²) >= 11 is 0. The van der Waals surface area contributed by atoms with Crippen LogP contribution >= 0.6 is 0 Å². The smallest absolute Gasteiger partial charge is 0.302 e. The molecule has 1 aromatic heterocycles. The Morgan fingerprint density at radius 1 is 1.03 bits per heavy atom. The van der Waals surface area contributed by atoms with Gasteiger partial charge < -0.3 is 4.42 Å². The highest BCUT2D eigenvalue weighted by molar-refractivity contribution is 7.92. The van der Waals surface area contributed by atoms with Gasteiger partial charge in [-0.25, -0.2) is 12.8 Å². The molecular formula is C21H16FN3O4S. The van der Waals surface area contributed by atoms with Gasteiger partial charge in [-0.15, -0.1) is 0 Å². The first-order valence-electron chi connectivity index (χ1n) is 8.88. The van der Waals surface area contributed by atoms with Crippen molar-refractivity contribution >= 4 is 38.7 Å². The first-order chi connectivity index (χ1) is 14.3. The zero-order chi connectivity index (χ0) is 21.3. The van der Waals surface area contributed by atoms with Gasteiger partial charge in [-0.3, -0.25) is 14.8 Å². The lowest BCUT2D eigenvalue weighted by molar-refractivity contribution is 0.102. The molecule has 0 atom stereocenters. The van der Waals surface area contributed by atoms with Gasteiger partial charge in [0.25, 0.3) is 15.9 Å². The molecule has 30 heavy (non-hydrogen) atoms. The van der Waals surface area contributed by atoms with E-state index in [9.17, 15) is 17.6 Å². The zero-order valence-corrected chi connectivity index (χ0v) is 16.5. The number of halogens is 1. The number of nitrogens with zero attached hydrogens (tertiary/aromatic N) is 1. The van der Waals surface area contributed by atoms with E-state index in [1.165, 1.54) is 42.5 Å². The molecule has 0 aliphatic rings. The molecule has 0 aliphatic carbocycles. The average Bonchev–Trinajstić information content (AvgIpc) is 3.11. The summed E-state index contributed by atoms with van der Waals surface area (Å²) in [5.74, 6) is -1.01. The van der Waals surface area contributed by atoms with Gasteiger partial charge in [-0.1, -0.05) is 18.2 Å². The van der Waals surface area contributed by atoms with E-state index in [4.69, 9.17) is 4.42 Å². The van der Waals surface area contributed by atoms with Crippen LogP contribution in [0.1, 0.15) is 15.9 Å². The maximum Gasteiger partial charge on any atom is 0.302 e. The Balaban J connectivity index is 1.50. The van der Waals surface area contributed by atoms with Crippen LogP contribution in [-0.4, -0.2) is 19.3 Å². The number of amides is 1. The summed E-state index contributed by atoms with van der Waals surface area (Å²) in [5, 5.41) is 2.47. The fraction of sp³-hybridized carbons (Fsp3) is 0.0476. The number of hydrogen-bond donors (Lipinski definition) is 2. The Bertz CT molecular complexity index is 1350. The number of carbonyl (C=O) groups is 1. The van der Waals surface area contributed by atoms with Crippen molar-refractivity contribution in [2.24, 2.45) is 0 Å². The van der Waals surface area contributed by atoms with E-state index in [-0.39, 0.29) is 22.0 Å². The molecule has 2 N–H and O–H groups in total. The van der Waals surface area contributed by atoms with E-state index >= 15 is 0 Å². The van der Waals surface area contributed by atoms with Crippen molar-refractivity contribution in [1.82, 2.24) is 4.98 Å². The third-order valence-electron chi connectivity index (χ3n) is 4.39. The number of anilines is 2. The Hall–Kier alpha value is -3.72. The number of rotatable bonds is 5. The van der Waals surface area contributed by atoms with E-state index in [2.05, 4.69) is 15.0 Å². The standard InChI is InChI=1S/C21H16FN3O4S/c1-13-4-2-3-5-17(13)25-30(27,28)16-9-6-14(7-10-16)20(26)24-21-23-18-12-15(22)8-11-19(18)29-21/h2-12,25H,1H3,(H,23,24,26). The van der Waals surface area contributed by atoms with Gasteiger partial charge in [0.2, 0.25) is 0 Å². The molecule has 4 aromatic rings. The second-order valence-corrected chi connectivity index (χ2v) is 8.21. The largest absolute Gasteiger partial charge is 0.423 e. The topological polar surface area (TPSA) is 101 Å². The summed E-state index contributed by atoms with van der Waals surface area (Å²) in [6.45, 7) is 1.80. The number of aromatic nitrogens is 1. The number of sulfonamides is 1. The molecule has 3 aromatic carbocycles. The molecule has 7 nitrogen and oxygen atoms in total. The van der Waals surface area contributed by atoms with Crippen molar-refractivity contribution in [1.29, 1.82) is 0 Å². The number of para-hydroxylation sites is 1. The van der Waals surface area contributed by atoms with Gasteiger partial charge in [0.1, 0.15) is 11.3 Å². The summed E-state index contributed by atoms with van der Waals surface area (Å²) in [4.78, 5) is 16.4. The third-order valence-corrected chi connectivity index (χ3v) is 5.77. The second kappa shape index (κ2) is 7.60. The molecule has 152 valence electrons. The number of aryl methyl sites for hydroxylation is 1. The average molecular weight is 425 g/mol. The number of fused-ring (bicyclic) bond motifs is 1. The molecule has 1 amide bonds. The fourth-order valence-electron chi connectivity index (χ4n) is 2.80. The molecule has 0 unspecified atom stereocenters. The number of hydrogen-bond acceptors (Lipinski definition) is 5. The number of benzene rings is 3. The van der Waals surface area contributed by atoms with E-state index < -0.39 is 21.7 Å². The molecule has 0 radical (unpaired) electrons. The predicted molar refractivity (Wildman–Crippen MR) is 110 cm³/mol. The summed E-state index contributed by atoms with van der Waals surface area (Å²) < 4.78 is 46.3. The Morgan fingerprint density at radius 2 is 1.77 bits per heavy atom. The molecule has 9 heteroatoms. The summed E-state index contributed by atoms with van der Waals surface area (Å²) in [7, 11) is -3.81. The molecule has 0 saturated heterocycles. The van der Waals surface area contributed by atoms with Crippen LogP contribution in [0.5, 0.6) is 0 Å². The van der Waals surface area contributed by atoms with E-state index in [1.54, 1.807) is 25.1 Å². The number of carbonyl (C=O) groups excluding carboxylic acids is 1. The van der Waals surface area contributed by atoms with Crippen molar-refractivity contribution < 1.29 is 22.0 Å². The lowest BCUT2D eigenvalue weighted by Gasteiger charge is -2.10. The second-order valence-electron chi connectivity index (χ2n) is 6.53. The summed E-state index contributed by atoms with van der Waals surface area (Å²) in [6, 6.07) is 16.2. The Kier molecular flexibility index (Phi) is 4.96. The summed E-state index contributed by atoms with van der Waals surface area (Å²) in [5.41, 5.74) is 2.07. The van der Waals surface area contributed by atoms with Gasteiger partial charge in [0.05, 0.1) is 10.6 Å². The third kappa shape index (κ3) is 4.01. The number of oxazole rings is 1. The van der Waals surface area contributed by atoms with Crippen LogP contribution in [0.15, 0.2) is 76.0 Å². The molecule has 4 rings (SSSR count). The normalized spacial score (nSPS) is 11.4. The fourth-order valence-corrected chi connectivity index (χ4v) is 3.93. The highest BCUT2D eigenvalue weighted by Gasteiger charge is 2.17. The van der Waals surface area contributed by atoms with Gasteiger partial charge in [-0.2, -0.15) is 4.98 Å². The molecular weight excluding hydrogens is 409 g/mol. The minimum Gasteiger partial charge on any atom is -0.423 e. The van der Waals surface area contributed by atoms with E-state index in [1.807, 2.05) is 6.07 Å². The monoisotopic (exact) mass is 425 g/mol. The van der Waals surface area contributed by atoms with Crippen molar-refractivity contribution in [3.8, 4) is 0 Å². The van der Waals surface area contributed by atoms with Crippen LogP contribution < -0.4 is 10.0 Å². The Morgan fingerprint density at radius 3 is 2.50 bits per heavy atom. The van der Waals surface area contributed by atoms with Crippen molar-refractivity contribution in [3.05, 3.63) is 83.7 Å². The van der Waals surface area contributed by atoms with Crippen LogP contribution in [-0.2, 0) is 10.0 Å². The van der Waals surface area contributed by atoms with Crippen molar-refractivity contribution in [2.75, 3.05) is 10.0 Å². The molecule has 1 heterocycles. The van der Waals surface area contributed by atoms with Crippen molar-refractivity contribution in [2.45, 2.75) is 11.8 Å². The van der Waals surface area contributed by atoms with E-state index in [0.29, 0.717) is 11.3 Å². The van der Waals surface area contributed by atoms with Gasteiger partial charge in [0.15, 0.2) is 5.58 Å². The summed E-state index contributed by atoms with van der Waals surface area (Å²) in [6.07, 6.45) is 0. The van der Waals surface area contributed by atoms with Crippen molar-refractivity contribution in [3.63, 3.8) is 0 Å². The van der Waals surface area contributed by atoms with Gasteiger partial charge in [-0.05, 0) is 55.0 Å². The van der Waals surface area contributed by atoms with Crippen LogP contribution in [0, 0.1) is 12.7 Å². The van der Waals surface area contributed by atoms with Gasteiger partial charge in [0, 0.05) is 11.6 Å². The maximum atomic E-state index is 13.2. The highest BCUT2D eigenvalue weighted by atomic mass is 32.2. The van der Waals surface area contributed by atoms with Crippen LogP contribution in [0.25, 0.3) is 11.1 Å². The minimum atomic E-state index is -3.81. The molecule has 0 bridgehead atoms. The lowest BCUT2D eigenvalue weighted by atomic mass is 10.2. The Labute approximate surface area is 171 Å². The van der Waals surface area contributed by atoms with Crippen LogP contribution in [0.4, 0.5) is 16.1 Å². The highest BCUT2D eigenvalue weighted by Crippen LogP contribution is 2.22. The quantitative estimate of drug-likeness (QED) is 0.496. The molecule has 0 fully saturated rings. The SMILES string of the molecule is Cc1ccccc1NS(=O)(=O)c1ccc(C(=O)Nc2nc3cc(F)ccc3o2)cc1. The maximum absolute atomic E-state index is 13.2. The lowest BCUT2D eigenvalue weighted by Crippen LogP contribution is -2.15. The first kappa shape index (κ1) is 19.6. The van der Waals surface area contributed by atoms with E-state index in [0.717, 1.165) is 5.56 Å². The van der Waals surface area contributed by atoms with Crippen LogP contribution in [0.2, 0.25) is 0 Å². The first-order valence-corrected chi connectivity index (χ1v) is 10.4. The predicted octanol–water partition coefficient (Wildman–Crippen LogP) is 4.33. The molecule has 0 aliphatic heterocycles. The minimum absolute atomic E-state index is 0.0136. The molecule has 0 saturated carbocycles. The molecule has 0 spiro atoms.